The number of unbranched alkanes of at least 4 members (excludes halogenated alkanes) is 28. The van der Waals surface area contributed by atoms with Gasteiger partial charge in [-0.3, -0.25) is 9.59 Å². The molecule has 296 valence electrons. The Morgan fingerprint density at radius 1 is 0.373 bits per heavy atom. The minimum absolute atomic E-state index is 0. The van der Waals surface area contributed by atoms with Crippen molar-refractivity contribution in [1.29, 1.82) is 0 Å². The van der Waals surface area contributed by atoms with Crippen LogP contribution in [0.25, 0.3) is 0 Å². The molecule has 0 aromatic rings. The average molecular weight is 751 g/mol. The standard InChI is InChI=1S/2C21H40O4.Ca/c2*1-3-4-5-6-7-8-9-10-11-12-13-14-15-16-17-18-20(22)25-19(2)21(23)24;/h2*19H,3-18H2,1-2H3,(H,23,24);/q;;+2/p-2. The van der Waals surface area contributed by atoms with Crippen molar-refractivity contribution in [1.82, 2.24) is 0 Å². The van der Waals surface area contributed by atoms with Crippen LogP contribution in [-0.4, -0.2) is 73.8 Å². The van der Waals surface area contributed by atoms with E-state index in [0.29, 0.717) is 12.8 Å². The van der Waals surface area contributed by atoms with Gasteiger partial charge in [0.25, 0.3) is 0 Å². The van der Waals surface area contributed by atoms with Gasteiger partial charge in [-0.15, -0.1) is 0 Å². The van der Waals surface area contributed by atoms with Crippen molar-refractivity contribution < 1.29 is 38.9 Å². The second kappa shape index (κ2) is 43.5. The first kappa shape index (κ1) is 54.5. The molecule has 0 aromatic heterocycles. The van der Waals surface area contributed by atoms with Gasteiger partial charge in [0.15, 0.2) is 0 Å². The maximum atomic E-state index is 11.4. The molecule has 0 radical (unpaired) electrons. The van der Waals surface area contributed by atoms with Crippen molar-refractivity contribution >= 4 is 61.6 Å². The number of esters is 2. The summed E-state index contributed by atoms with van der Waals surface area (Å²) in [6.07, 6.45) is 36.7. The fourth-order valence-electron chi connectivity index (χ4n) is 5.89. The van der Waals surface area contributed by atoms with E-state index in [0.717, 1.165) is 38.5 Å². The molecule has 0 amide bonds. The van der Waals surface area contributed by atoms with E-state index in [1.165, 1.54) is 168 Å². The summed E-state index contributed by atoms with van der Waals surface area (Å²) in [6, 6.07) is 0. The summed E-state index contributed by atoms with van der Waals surface area (Å²) in [7, 11) is 0. The molecule has 0 saturated carbocycles. The van der Waals surface area contributed by atoms with Crippen LogP contribution >= 0.6 is 0 Å². The summed E-state index contributed by atoms with van der Waals surface area (Å²) in [5.41, 5.74) is 0. The number of carbonyl (C=O) groups excluding carboxylic acids is 4. The van der Waals surface area contributed by atoms with Gasteiger partial charge in [0.2, 0.25) is 0 Å². The topological polar surface area (TPSA) is 133 Å². The van der Waals surface area contributed by atoms with Crippen LogP contribution in [0.3, 0.4) is 0 Å². The molecule has 0 fully saturated rings. The molecule has 0 aliphatic heterocycles. The first-order valence-electron chi connectivity index (χ1n) is 21.0. The van der Waals surface area contributed by atoms with Gasteiger partial charge in [-0.05, 0) is 26.7 Å². The van der Waals surface area contributed by atoms with Crippen LogP contribution in [0.4, 0.5) is 0 Å². The summed E-state index contributed by atoms with van der Waals surface area (Å²) < 4.78 is 9.46. The van der Waals surface area contributed by atoms with E-state index in [-0.39, 0.29) is 37.7 Å². The van der Waals surface area contributed by atoms with Crippen LogP contribution in [-0.2, 0) is 28.7 Å². The summed E-state index contributed by atoms with van der Waals surface area (Å²) in [6.45, 7) is 7.16. The molecule has 0 heterocycles. The van der Waals surface area contributed by atoms with Gasteiger partial charge in [-0.2, -0.15) is 0 Å². The minimum Gasteiger partial charge on any atom is -0.546 e. The van der Waals surface area contributed by atoms with E-state index in [9.17, 15) is 29.4 Å². The predicted molar refractivity (Wildman–Crippen MR) is 206 cm³/mol. The Morgan fingerprint density at radius 3 is 0.725 bits per heavy atom. The summed E-state index contributed by atoms with van der Waals surface area (Å²) in [5.74, 6) is -3.56. The number of carbonyl (C=O) groups is 4. The Bertz CT molecular complexity index is 727. The first-order valence-corrected chi connectivity index (χ1v) is 21.0. The molecular formula is C42H78CaO8. The number of rotatable bonds is 36. The molecule has 9 heteroatoms. The normalized spacial score (nSPS) is 11.8. The maximum absolute atomic E-state index is 11.4. The second-order valence-corrected chi connectivity index (χ2v) is 14.3. The zero-order valence-corrected chi connectivity index (χ0v) is 36.0. The number of hydrogen-bond acceptors (Lipinski definition) is 8. The summed E-state index contributed by atoms with van der Waals surface area (Å²) >= 11 is 0. The molecule has 2 atom stereocenters. The summed E-state index contributed by atoms with van der Waals surface area (Å²) in [4.78, 5) is 43.7. The molecule has 0 N–H and O–H groups in total. The average Bonchev–Trinajstić information content (AvgIpc) is 3.08. The molecule has 0 saturated heterocycles. The number of carboxylic acids is 2. The van der Waals surface area contributed by atoms with E-state index in [2.05, 4.69) is 13.8 Å². The van der Waals surface area contributed by atoms with Gasteiger partial charge in [0, 0.05) is 12.8 Å². The van der Waals surface area contributed by atoms with Crippen molar-refractivity contribution in [2.24, 2.45) is 0 Å². The zero-order valence-electron chi connectivity index (χ0n) is 33.8. The molecular weight excluding hydrogens is 673 g/mol. The molecule has 0 aliphatic rings. The Labute approximate surface area is 343 Å². The van der Waals surface area contributed by atoms with Crippen molar-refractivity contribution in [2.75, 3.05) is 0 Å². The molecule has 0 aromatic carbocycles. The fraction of sp³-hybridized carbons (Fsp3) is 0.905. The van der Waals surface area contributed by atoms with Crippen molar-refractivity contribution in [3.05, 3.63) is 0 Å². The third kappa shape index (κ3) is 45.2. The van der Waals surface area contributed by atoms with Gasteiger partial charge < -0.3 is 29.3 Å². The van der Waals surface area contributed by atoms with Gasteiger partial charge >= 0.3 is 49.7 Å². The predicted octanol–water partition coefficient (Wildman–Crippen LogP) is 9.48. The molecule has 0 rings (SSSR count). The maximum Gasteiger partial charge on any atom is 2.00 e. The van der Waals surface area contributed by atoms with Gasteiger partial charge in [0.05, 0.1) is 11.9 Å². The molecule has 0 spiro atoms. The van der Waals surface area contributed by atoms with E-state index in [1.807, 2.05) is 0 Å². The molecule has 8 nitrogen and oxygen atoms in total. The fourth-order valence-corrected chi connectivity index (χ4v) is 5.89. The smallest absolute Gasteiger partial charge is 0.546 e. The molecule has 2 unspecified atom stereocenters. The number of aliphatic carboxylic acids is 2. The van der Waals surface area contributed by atoms with Crippen molar-refractivity contribution in [3.8, 4) is 0 Å². The van der Waals surface area contributed by atoms with Gasteiger partial charge in [-0.25, -0.2) is 0 Å². The van der Waals surface area contributed by atoms with Crippen molar-refractivity contribution in [2.45, 2.75) is 245 Å². The van der Waals surface area contributed by atoms with Gasteiger partial charge in [0.1, 0.15) is 12.2 Å². The number of hydrogen-bond donors (Lipinski definition) is 0. The van der Waals surface area contributed by atoms with Crippen molar-refractivity contribution in [3.63, 3.8) is 0 Å². The number of ether oxygens (including phenoxy) is 2. The van der Waals surface area contributed by atoms with Crippen LogP contribution < -0.4 is 10.2 Å². The minimum atomic E-state index is -1.34. The Hall–Kier alpha value is -0.860. The van der Waals surface area contributed by atoms with Gasteiger partial charge in [-0.1, -0.05) is 194 Å². The van der Waals surface area contributed by atoms with Crippen LogP contribution in [0.15, 0.2) is 0 Å². The van der Waals surface area contributed by atoms with Crippen LogP contribution in [0.5, 0.6) is 0 Å². The largest absolute Gasteiger partial charge is 2.00 e. The Balaban J connectivity index is -0.000000886. The number of carboxylic acid groups (broad SMARTS) is 2. The molecule has 0 bridgehead atoms. The van der Waals surface area contributed by atoms with E-state index >= 15 is 0 Å². The summed E-state index contributed by atoms with van der Waals surface area (Å²) in [5, 5.41) is 20.9. The zero-order chi connectivity index (χ0) is 37.5. The van der Waals surface area contributed by atoms with Crippen LogP contribution in [0.1, 0.15) is 233 Å². The van der Waals surface area contributed by atoms with Crippen LogP contribution in [0.2, 0.25) is 0 Å². The Kier molecular flexibility index (Phi) is 46.5. The first-order chi connectivity index (χ1) is 24.1. The van der Waals surface area contributed by atoms with E-state index in [4.69, 9.17) is 9.47 Å². The SMILES string of the molecule is CCCCCCCCCCCCCCCCCC(=O)OC(C)C(=O)[O-].CCCCCCCCCCCCCCCCCC(=O)OC(C)C(=O)[O-].[Ca+2]. The van der Waals surface area contributed by atoms with E-state index < -0.39 is 36.1 Å². The monoisotopic (exact) mass is 751 g/mol. The Morgan fingerprint density at radius 2 is 0.549 bits per heavy atom. The third-order valence-electron chi connectivity index (χ3n) is 9.25. The second-order valence-electron chi connectivity index (χ2n) is 14.3. The third-order valence-corrected chi connectivity index (χ3v) is 9.25. The molecule has 51 heavy (non-hydrogen) atoms. The quantitative estimate of drug-likeness (QED) is 0.0351. The molecule has 0 aliphatic carbocycles. The van der Waals surface area contributed by atoms with E-state index in [1.54, 1.807) is 0 Å². The van der Waals surface area contributed by atoms with Crippen LogP contribution in [0, 0.1) is 0 Å².